The number of fused-ring (bicyclic) bond motifs is 2. The minimum Gasteiger partial charge on any atom is -0.144 e. The molecular weight excluding hydrogens is 304 g/mol. The second kappa shape index (κ2) is 5.53. The summed E-state index contributed by atoms with van der Waals surface area (Å²) in [6.07, 6.45) is 2.19. The van der Waals surface area contributed by atoms with E-state index in [-0.39, 0.29) is 0 Å². The Balaban J connectivity index is 1.90. The van der Waals surface area contributed by atoms with Gasteiger partial charge in [0.15, 0.2) is 0 Å². The largest absolute Gasteiger partial charge is 0.144 e. The Bertz CT molecular complexity index is 956. The molecule has 0 amide bonds. The number of hydrogen-bond donors (Lipinski definition) is 0. The molecule has 0 saturated heterocycles. The molecule has 4 rings (SSSR count). The van der Waals surface area contributed by atoms with Crippen molar-refractivity contribution in [1.82, 2.24) is 0 Å². The number of aryl methyl sites for hydroxylation is 2. The monoisotopic (exact) mass is 322 g/mol. The summed E-state index contributed by atoms with van der Waals surface area (Å²) < 4.78 is 2.81. The predicted molar refractivity (Wildman–Crippen MR) is 101 cm³/mol. The fourth-order valence-electron chi connectivity index (χ4n) is 3.02. The lowest BCUT2D eigenvalue weighted by atomic mass is 10.0. The molecule has 0 spiro atoms. The first-order valence-corrected chi connectivity index (χ1v) is 9.51. The summed E-state index contributed by atoms with van der Waals surface area (Å²) in [6, 6.07) is 16.2. The molecule has 2 heterocycles. The SMILES string of the molecule is CCc1ccc2cc(-c3cc(CC)c4ccsc4c3)sc2c1. The zero-order chi connectivity index (χ0) is 15.1. The summed E-state index contributed by atoms with van der Waals surface area (Å²) in [7, 11) is 0. The normalized spacial score (nSPS) is 11.5. The summed E-state index contributed by atoms with van der Waals surface area (Å²) in [5.74, 6) is 0. The zero-order valence-corrected chi connectivity index (χ0v) is 14.5. The van der Waals surface area contributed by atoms with Gasteiger partial charge in [-0.25, -0.2) is 0 Å². The maximum absolute atomic E-state index is 2.38. The van der Waals surface area contributed by atoms with E-state index in [0.717, 1.165) is 12.8 Å². The van der Waals surface area contributed by atoms with Gasteiger partial charge in [-0.1, -0.05) is 26.0 Å². The molecule has 0 aliphatic rings. The zero-order valence-electron chi connectivity index (χ0n) is 12.8. The van der Waals surface area contributed by atoms with Crippen LogP contribution in [0.4, 0.5) is 0 Å². The van der Waals surface area contributed by atoms with Crippen LogP contribution in [-0.2, 0) is 12.8 Å². The van der Waals surface area contributed by atoms with E-state index >= 15 is 0 Å². The highest BCUT2D eigenvalue weighted by Crippen LogP contribution is 2.37. The summed E-state index contributed by atoms with van der Waals surface area (Å²) in [6.45, 7) is 4.46. The van der Waals surface area contributed by atoms with Crippen LogP contribution in [-0.4, -0.2) is 0 Å². The number of rotatable bonds is 3. The second-order valence-electron chi connectivity index (χ2n) is 5.66. The molecule has 2 aromatic carbocycles. The van der Waals surface area contributed by atoms with Crippen LogP contribution < -0.4 is 0 Å². The first kappa shape index (κ1) is 14.0. The van der Waals surface area contributed by atoms with Crippen molar-refractivity contribution in [2.45, 2.75) is 26.7 Å². The molecule has 0 fully saturated rings. The molecule has 0 atom stereocenters. The molecule has 2 heteroatoms. The Kier molecular flexibility index (Phi) is 3.51. The van der Waals surface area contributed by atoms with Crippen LogP contribution in [0.2, 0.25) is 0 Å². The van der Waals surface area contributed by atoms with Crippen LogP contribution in [0.15, 0.2) is 47.8 Å². The van der Waals surface area contributed by atoms with E-state index in [9.17, 15) is 0 Å². The molecule has 0 bridgehead atoms. The van der Waals surface area contributed by atoms with E-state index in [1.807, 2.05) is 22.7 Å². The van der Waals surface area contributed by atoms with E-state index in [1.165, 1.54) is 41.7 Å². The first-order valence-electron chi connectivity index (χ1n) is 7.81. The molecule has 0 aliphatic heterocycles. The molecule has 0 saturated carbocycles. The van der Waals surface area contributed by atoms with E-state index < -0.39 is 0 Å². The van der Waals surface area contributed by atoms with E-state index in [2.05, 4.69) is 61.7 Å². The van der Waals surface area contributed by atoms with E-state index in [4.69, 9.17) is 0 Å². The average Bonchev–Trinajstić information content (AvgIpc) is 3.19. The highest BCUT2D eigenvalue weighted by molar-refractivity contribution is 7.22. The maximum atomic E-state index is 2.38. The molecule has 0 radical (unpaired) electrons. The van der Waals surface area contributed by atoms with Gasteiger partial charge in [-0.2, -0.15) is 0 Å². The second-order valence-corrected chi connectivity index (χ2v) is 7.69. The summed E-state index contributed by atoms with van der Waals surface area (Å²) in [5, 5.41) is 4.98. The van der Waals surface area contributed by atoms with E-state index in [1.54, 1.807) is 0 Å². The molecule has 110 valence electrons. The Morgan fingerprint density at radius 3 is 2.59 bits per heavy atom. The minimum absolute atomic E-state index is 1.09. The van der Waals surface area contributed by atoms with Crippen LogP contribution in [0, 0.1) is 0 Å². The quantitative estimate of drug-likeness (QED) is 0.384. The summed E-state index contributed by atoms with van der Waals surface area (Å²) in [4.78, 5) is 1.38. The van der Waals surface area contributed by atoms with Crippen LogP contribution in [0.1, 0.15) is 25.0 Å². The van der Waals surface area contributed by atoms with Crippen molar-refractivity contribution in [2.75, 3.05) is 0 Å². The maximum Gasteiger partial charge on any atom is 0.0355 e. The Hall–Kier alpha value is -1.64. The fraction of sp³-hybridized carbons (Fsp3) is 0.200. The van der Waals surface area contributed by atoms with Gasteiger partial charge in [-0.05, 0) is 76.0 Å². The van der Waals surface area contributed by atoms with Gasteiger partial charge < -0.3 is 0 Å². The van der Waals surface area contributed by atoms with Gasteiger partial charge in [0.2, 0.25) is 0 Å². The Morgan fingerprint density at radius 2 is 1.77 bits per heavy atom. The molecule has 0 nitrogen and oxygen atoms in total. The average molecular weight is 322 g/mol. The molecule has 0 N–H and O–H groups in total. The lowest BCUT2D eigenvalue weighted by Crippen LogP contribution is -1.82. The number of thiophene rings is 2. The highest BCUT2D eigenvalue weighted by Gasteiger charge is 2.09. The fourth-order valence-corrected chi connectivity index (χ4v) is 5.00. The van der Waals surface area contributed by atoms with Gasteiger partial charge >= 0.3 is 0 Å². The standard InChI is InChI=1S/C20H18S2/c1-3-13-5-6-15-11-19(22-18(15)9-13)16-10-14(4-2)17-7-8-21-20(17)12-16/h5-12H,3-4H2,1-2H3. The van der Waals surface area contributed by atoms with Crippen molar-refractivity contribution >= 4 is 42.8 Å². The van der Waals surface area contributed by atoms with Gasteiger partial charge in [-0.15, -0.1) is 22.7 Å². The number of benzene rings is 2. The summed E-state index contributed by atoms with van der Waals surface area (Å²) in [5.41, 5.74) is 4.25. The van der Waals surface area contributed by atoms with Crippen LogP contribution >= 0.6 is 22.7 Å². The smallest absolute Gasteiger partial charge is 0.0355 e. The Labute approximate surface area is 139 Å². The molecular formula is C20H18S2. The van der Waals surface area contributed by atoms with Gasteiger partial charge in [-0.3, -0.25) is 0 Å². The van der Waals surface area contributed by atoms with Gasteiger partial charge in [0.05, 0.1) is 0 Å². The predicted octanol–water partition coefficient (Wildman–Crippen LogP) is 6.91. The van der Waals surface area contributed by atoms with Crippen molar-refractivity contribution in [2.24, 2.45) is 0 Å². The van der Waals surface area contributed by atoms with Gasteiger partial charge in [0, 0.05) is 14.3 Å². The van der Waals surface area contributed by atoms with Crippen LogP contribution in [0.5, 0.6) is 0 Å². The van der Waals surface area contributed by atoms with Crippen LogP contribution in [0.3, 0.4) is 0 Å². The Morgan fingerprint density at radius 1 is 0.864 bits per heavy atom. The lowest BCUT2D eigenvalue weighted by molar-refractivity contribution is 1.15. The molecule has 22 heavy (non-hydrogen) atoms. The minimum atomic E-state index is 1.09. The highest BCUT2D eigenvalue weighted by atomic mass is 32.1. The first-order chi connectivity index (χ1) is 10.8. The third kappa shape index (κ3) is 2.27. The van der Waals surface area contributed by atoms with Crippen molar-refractivity contribution in [3.63, 3.8) is 0 Å². The molecule has 0 aliphatic carbocycles. The molecule has 0 unspecified atom stereocenters. The van der Waals surface area contributed by atoms with Crippen molar-refractivity contribution < 1.29 is 0 Å². The van der Waals surface area contributed by atoms with E-state index in [0.29, 0.717) is 0 Å². The topological polar surface area (TPSA) is 0 Å². The molecule has 4 aromatic rings. The summed E-state index contributed by atoms with van der Waals surface area (Å²) >= 11 is 3.76. The number of hydrogen-bond acceptors (Lipinski definition) is 2. The van der Waals surface area contributed by atoms with Crippen molar-refractivity contribution in [1.29, 1.82) is 0 Å². The van der Waals surface area contributed by atoms with Crippen molar-refractivity contribution in [3.05, 3.63) is 59.0 Å². The van der Waals surface area contributed by atoms with Gasteiger partial charge in [0.25, 0.3) is 0 Å². The third-order valence-electron chi connectivity index (χ3n) is 4.32. The van der Waals surface area contributed by atoms with Gasteiger partial charge in [0.1, 0.15) is 0 Å². The molecule has 2 aromatic heterocycles. The van der Waals surface area contributed by atoms with Crippen LogP contribution in [0.25, 0.3) is 30.6 Å². The lowest BCUT2D eigenvalue weighted by Gasteiger charge is -2.04. The third-order valence-corrected chi connectivity index (χ3v) is 6.33. The van der Waals surface area contributed by atoms with Crippen molar-refractivity contribution in [3.8, 4) is 10.4 Å².